The number of ketones is 1. The molecule has 70 valence electrons. The molecule has 1 aromatic rings. The van der Waals surface area contributed by atoms with E-state index < -0.39 is 0 Å². The van der Waals surface area contributed by atoms with E-state index in [0.29, 0.717) is 17.9 Å². The summed E-state index contributed by atoms with van der Waals surface area (Å²) in [6.07, 6.45) is 2.06. The zero-order chi connectivity index (χ0) is 9.84. The molecule has 0 aliphatic carbocycles. The van der Waals surface area contributed by atoms with Crippen molar-refractivity contribution < 1.29 is 9.53 Å². The molecule has 3 heteroatoms. The van der Waals surface area contributed by atoms with Gasteiger partial charge in [-0.15, -0.1) is 0 Å². The Labute approximate surface area is 77.8 Å². The lowest BCUT2D eigenvalue weighted by molar-refractivity contribution is 0.0987. The Kier molecular flexibility index (Phi) is 3.01. The van der Waals surface area contributed by atoms with Gasteiger partial charge in [-0.3, -0.25) is 4.79 Å². The number of nitrogens with zero attached hydrogens (tertiary/aromatic N) is 1. The van der Waals surface area contributed by atoms with E-state index in [0.717, 1.165) is 5.56 Å². The van der Waals surface area contributed by atoms with Gasteiger partial charge < -0.3 is 4.74 Å². The average Bonchev–Trinajstić information content (AvgIpc) is 2.16. The van der Waals surface area contributed by atoms with E-state index in [4.69, 9.17) is 4.74 Å². The summed E-state index contributed by atoms with van der Waals surface area (Å²) < 4.78 is 4.99. The quantitative estimate of drug-likeness (QED) is 0.666. The highest BCUT2D eigenvalue weighted by Crippen LogP contribution is 2.15. The summed E-state index contributed by atoms with van der Waals surface area (Å²) in [4.78, 5) is 15.3. The van der Waals surface area contributed by atoms with Crippen molar-refractivity contribution in [3.63, 3.8) is 0 Å². The van der Waals surface area contributed by atoms with Crippen molar-refractivity contribution in [3.8, 4) is 5.88 Å². The molecule has 0 N–H and O–H groups in total. The number of rotatable bonds is 3. The number of aromatic nitrogens is 1. The molecule has 0 amide bonds. The number of hydrogen-bond donors (Lipinski definition) is 0. The molecular weight excluding hydrogens is 166 g/mol. The van der Waals surface area contributed by atoms with Gasteiger partial charge in [0.05, 0.1) is 7.11 Å². The van der Waals surface area contributed by atoms with Crippen LogP contribution in [0.3, 0.4) is 0 Å². The molecule has 0 saturated heterocycles. The lowest BCUT2D eigenvalue weighted by Gasteiger charge is -2.04. The van der Waals surface area contributed by atoms with Gasteiger partial charge in [-0.25, -0.2) is 4.98 Å². The Morgan fingerprint density at radius 2 is 2.31 bits per heavy atom. The number of carbonyl (C=O) groups is 1. The highest BCUT2D eigenvalue weighted by Gasteiger charge is 2.06. The Balaban J connectivity index is 3.02. The second-order valence-corrected chi connectivity index (χ2v) is 2.83. The maximum absolute atomic E-state index is 11.3. The summed E-state index contributed by atoms with van der Waals surface area (Å²) in [6, 6.07) is 1.80. The van der Waals surface area contributed by atoms with Crippen molar-refractivity contribution in [2.24, 2.45) is 0 Å². The minimum atomic E-state index is 0.109. The van der Waals surface area contributed by atoms with Crippen molar-refractivity contribution in [3.05, 3.63) is 23.4 Å². The van der Waals surface area contributed by atoms with Gasteiger partial charge in [0.15, 0.2) is 5.78 Å². The minimum absolute atomic E-state index is 0.109. The highest BCUT2D eigenvalue weighted by molar-refractivity contribution is 5.95. The first-order valence-electron chi connectivity index (χ1n) is 4.22. The summed E-state index contributed by atoms with van der Waals surface area (Å²) in [5.74, 6) is 0.686. The van der Waals surface area contributed by atoms with Gasteiger partial charge in [-0.05, 0) is 13.0 Å². The molecule has 0 unspecified atom stereocenters. The molecule has 0 spiro atoms. The molecular formula is C10H13NO2. The predicted molar refractivity (Wildman–Crippen MR) is 50.1 cm³/mol. The number of Topliss-reactive ketones (excluding diaryl/α,β-unsaturated/α-hetero) is 1. The SMILES string of the molecule is CCC(=O)c1cnc(OC)c(C)c1. The van der Waals surface area contributed by atoms with Crippen molar-refractivity contribution >= 4 is 5.78 Å². The number of aryl methyl sites for hydroxylation is 1. The fraction of sp³-hybridized carbons (Fsp3) is 0.400. The first-order valence-corrected chi connectivity index (χ1v) is 4.22. The van der Waals surface area contributed by atoms with Crippen LogP contribution in [0.5, 0.6) is 5.88 Å². The van der Waals surface area contributed by atoms with Gasteiger partial charge in [0.25, 0.3) is 0 Å². The van der Waals surface area contributed by atoms with Crippen LogP contribution >= 0.6 is 0 Å². The molecule has 0 saturated carbocycles. The monoisotopic (exact) mass is 179 g/mol. The van der Waals surface area contributed by atoms with Crippen LogP contribution in [0.15, 0.2) is 12.3 Å². The zero-order valence-electron chi connectivity index (χ0n) is 8.13. The van der Waals surface area contributed by atoms with Crippen LogP contribution in [0.25, 0.3) is 0 Å². The third-order valence-corrected chi connectivity index (χ3v) is 1.87. The second kappa shape index (κ2) is 4.03. The molecule has 0 aliphatic rings. The highest BCUT2D eigenvalue weighted by atomic mass is 16.5. The van der Waals surface area contributed by atoms with Crippen molar-refractivity contribution in [2.75, 3.05) is 7.11 Å². The van der Waals surface area contributed by atoms with Crippen LogP contribution in [-0.2, 0) is 0 Å². The molecule has 1 aromatic heterocycles. The van der Waals surface area contributed by atoms with Crippen LogP contribution < -0.4 is 4.74 Å². The van der Waals surface area contributed by atoms with Gasteiger partial charge in [0, 0.05) is 23.7 Å². The first-order chi connectivity index (χ1) is 6.19. The van der Waals surface area contributed by atoms with E-state index in [-0.39, 0.29) is 5.78 Å². The van der Waals surface area contributed by atoms with Crippen molar-refractivity contribution in [1.29, 1.82) is 0 Å². The molecule has 3 nitrogen and oxygen atoms in total. The Morgan fingerprint density at radius 1 is 1.62 bits per heavy atom. The molecule has 0 radical (unpaired) electrons. The minimum Gasteiger partial charge on any atom is -0.481 e. The van der Waals surface area contributed by atoms with Crippen molar-refractivity contribution in [1.82, 2.24) is 4.98 Å². The molecule has 0 aromatic carbocycles. The summed E-state index contributed by atoms with van der Waals surface area (Å²) in [5.41, 5.74) is 1.54. The normalized spacial score (nSPS) is 9.77. The summed E-state index contributed by atoms with van der Waals surface area (Å²) in [7, 11) is 1.57. The molecule has 0 aliphatic heterocycles. The van der Waals surface area contributed by atoms with Crippen LogP contribution in [0.4, 0.5) is 0 Å². The molecule has 1 heterocycles. The maximum Gasteiger partial charge on any atom is 0.215 e. The fourth-order valence-electron chi connectivity index (χ4n) is 1.13. The maximum atomic E-state index is 11.3. The number of ether oxygens (including phenoxy) is 1. The first kappa shape index (κ1) is 9.71. The van der Waals surface area contributed by atoms with Crippen LogP contribution in [0.1, 0.15) is 29.3 Å². The summed E-state index contributed by atoms with van der Waals surface area (Å²) in [6.45, 7) is 3.71. The number of carbonyl (C=O) groups excluding carboxylic acids is 1. The number of methoxy groups -OCH3 is 1. The largest absolute Gasteiger partial charge is 0.481 e. The summed E-state index contributed by atoms with van der Waals surface area (Å²) in [5, 5.41) is 0. The topological polar surface area (TPSA) is 39.2 Å². The van der Waals surface area contributed by atoms with Crippen LogP contribution in [0, 0.1) is 6.92 Å². The number of hydrogen-bond acceptors (Lipinski definition) is 3. The lowest BCUT2D eigenvalue weighted by atomic mass is 10.1. The van der Waals surface area contributed by atoms with E-state index in [2.05, 4.69) is 4.98 Å². The smallest absolute Gasteiger partial charge is 0.215 e. The fourth-order valence-corrected chi connectivity index (χ4v) is 1.13. The van der Waals surface area contributed by atoms with Gasteiger partial charge in [-0.2, -0.15) is 0 Å². The second-order valence-electron chi connectivity index (χ2n) is 2.83. The predicted octanol–water partition coefficient (Wildman–Crippen LogP) is 1.99. The molecule has 0 atom stereocenters. The lowest BCUT2D eigenvalue weighted by Crippen LogP contribution is -2.00. The Morgan fingerprint density at radius 3 is 2.77 bits per heavy atom. The Bertz CT molecular complexity index is 321. The third-order valence-electron chi connectivity index (χ3n) is 1.87. The van der Waals surface area contributed by atoms with E-state index in [1.54, 1.807) is 19.4 Å². The van der Waals surface area contributed by atoms with E-state index in [9.17, 15) is 4.79 Å². The van der Waals surface area contributed by atoms with Crippen LogP contribution in [-0.4, -0.2) is 17.9 Å². The van der Waals surface area contributed by atoms with Gasteiger partial charge >= 0.3 is 0 Å². The third kappa shape index (κ3) is 2.05. The molecule has 0 bridgehead atoms. The number of pyridine rings is 1. The standard InChI is InChI=1S/C10H13NO2/c1-4-9(12)8-5-7(2)10(13-3)11-6-8/h5-6H,4H2,1-3H3. The average molecular weight is 179 g/mol. The van der Waals surface area contributed by atoms with E-state index in [1.807, 2.05) is 13.8 Å². The summed E-state index contributed by atoms with van der Waals surface area (Å²) >= 11 is 0. The van der Waals surface area contributed by atoms with Gasteiger partial charge in [0.2, 0.25) is 5.88 Å². The molecule has 0 fully saturated rings. The van der Waals surface area contributed by atoms with Gasteiger partial charge in [-0.1, -0.05) is 6.92 Å². The van der Waals surface area contributed by atoms with E-state index >= 15 is 0 Å². The molecule has 1 rings (SSSR count). The molecule has 13 heavy (non-hydrogen) atoms. The van der Waals surface area contributed by atoms with Crippen molar-refractivity contribution in [2.45, 2.75) is 20.3 Å². The van der Waals surface area contributed by atoms with Gasteiger partial charge in [0.1, 0.15) is 0 Å². The van der Waals surface area contributed by atoms with Crippen LogP contribution in [0.2, 0.25) is 0 Å². The zero-order valence-corrected chi connectivity index (χ0v) is 8.13. The van der Waals surface area contributed by atoms with E-state index in [1.165, 1.54) is 0 Å². The Hall–Kier alpha value is -1.38.